The second-order valence-corrected chi connectivity index (χ2v) is 7.59. The molecule has 0 aliphatic heterocycles. The maximum atomic E-state index is 12.4. The van der Waals surface area contributed by atoms with E-state index in [4.69, 9.17) is 4.74 Å². The van der Waals surface area contributed by atoms with Crippen LogP contribution in [-0.2, 0) is 6.42 Å². The number of urea groups is 1. The maximum Gasteiger partial charge on any atom is 0.323 e. The molecule has 4 aromatic rings. The zero-order valence-corrected chi connectivity index (χ0v) is 18.8. The molecule has 0 unspecified atom stereocenters. The lowest BCUT2D eigenvalue weighted by atomic mass is 10.1. The van der Waals surface area contributed by atoms with Crippen molar-refractivity contribution in [1.82, 2.24) is 15.0 Å². The van der Waals surface area contributed by atoms with Crippen molar-refractivity contribution in [2.45, 2.75) is 27.2 Å². The third kappa shape index (κ3) is 5.51. The molecule has 0 bridgehead atoms. The SMILES string of the molecule is CCc1nccc(-c2cccnc2Oc2ccc(NC(=O)Nc3ccc(C)cc3)c(C)c2)n1. The lowest BCUT2D eigenvalue weighted by Gasteiger charge is -2.13. The standard InChI is InChI=1S/C26H25N5O2/c1-4-24-27-15-13-23(30-24)21-6-5-14-28-25(21)33-20-11-12-22(18(3)16-20)31-26(32)29-19-9-7-17(2)8-10-19/h5-16H,4H2,1-3H3,(H2,29,31,32). The van der Waals surface area contributed by atoms with Crippen molar-refractivity contribution < 1.29 is 9.53 Å². The summed E-state index contributed by atoms with van der Waals surface area (Å²) in [5.74, 6) is 1.83. The molecule has 0 aliphatic rings. The van der Waals surface area contributed by atoms with Crippen LogP contribution in [0.25, 0.3) is 11.3 Å². The summed E-state index contributed by atoms with van der Waals surface area (Å²) in [5.41, 5.74) is 4.96. The number of carbonyl (C=O) groups is 1. The van der Waals surface area contributed by atoms with Crippen molar-refractivity contribution in [2.24, 2.45) is 0 Å². The van der Waals surface area contributed by atoms with E-state index in [-0.39, 0.29) is 6.03 Å². The number of aromatic nitrogens is 3. The molecule has 4 rings (SSSR count). The Morgan fingerprint density at radius 2 is 1.76 bits per heavy atom. The molecule has 0 fully saturated rings. The highest BCUT2D eigenvalue weighted by atomic mass is 16.5. The normalized spacial score (nSPS) is 10.5. The van der Waals surface area contributed by atoms with Crippen LogP contribution >= 0.6 is 0 Å². The van der Waals surface area contributed by atoms with Crippen molar-refractivity contribution in [2.75, 3.05) is 10.6 Å². The van der Waals surface area contributed by atoms with Crippen LogP contribution < -0.4 is 15.4 Å². The molecular weight excluding hydrogens is 414 g/mol. The van der Waals surface area contributed by atoms with Gasteiger partial charge in [0.05, 0.1) is 11.3 Å². The number of hydrogen-bond donors (Lipinski definition) is 2. The Balaban J connectivity index is 1.49. The first-order chi connectivity index (χ1) is 16.0. The molecule has 0 saturated heterocycles. The third-order valence-electron chi connectivity index (χ3n) is 5.04. The predicted octanol–water partition coefficient (Wildman–Crippen LogP) is 6.15. The number of ether oxygens (including phenoxy) is 1. The van der Waals surface area contributed by atoms with Crippen LogP contribution in [0.2, 0.25) is 0 Å². The number of amides is 2. The minimum absolute atomic E-state index is 0.307. The van der Waals surface area contributed by atoms with Gasteiger partial charge in [-0.25, -0.2) is 19.7 Å². The molecule has 0 aliphatic carbocycles. The number of benzene rings is 2. The first-order valence-electron chi connectivity index (χ1n) is 10.7. The Bertz CT molecular complexity index is 1270. The Morgan fingerprint density at radius 1 is 0.939 bits per heavy atom. The molecule has 0 spiro atoms. The molecule has 2 heterocycles. The van der Waals surface area contributed by atoms with Crippen molar-refractivity contribution in [3.8, 4) is 22.9 Å². The van der Waals surface area contributed by atoms with Crippen molar-refractivity contribution in [1.29, 1.82) is 0 Å². The fourth-order valence-corrected chi connectivity index (χ4v) is 3.26. The highest BCUT2D eigenvalue weighted by molar-refractivity contribution is 6.00. The molecule has 166 valence electrons. The van der Waals surface area contributed by atoms with Crippen molar-refractivity contribution in [3.63, 3.8) is 0 Å². The van der Waals surface area contributed by atoms with E-state index in [9.17, 15) is 4.79 Å². The van der Waals surface area contributed by atoms with Gasteiger partial charge in [0, 0.05) is 30.2 Å². The molecule has 0 radical (unpaired) electrons. The Labute approximate surface area is 192 Å². The van der Waals surface area contributed by atoms with Crippen molar-refractivity contribution in [3.05, 3.63) is 90.0 Å². The van der Waals surface area contributed by atoms with Gasteiger partial charge in [-0.2, -0.15) is 0 Å². The molecule has 0 saturated carbocycles. The average Bonchev–Trinajstić information content (AvgIpc) is 2.83. The smallest absolute Gasteiger partial charge is 0.323 e. The summed E-state index contributed by atoms with van der Waals surface area (Å²) in [4.78, 5) is 25.6. The minimum atomic E-state index is -0.307. The first kappa shape index (κ1) is 22.0. The zero-order chi connectivity index (χ0) is 23.2. The quantitative estimate of drug-likeness (QED) is 0.376. The number of rotatable bonds is 6. The van der Waals surface area contributed by atoms with Gasteiger partial charge >= 0.3 is 6.03 Å². The van der Waals surface area contributed by atoms with Crippen LogP contribution in [0.4, 0.5) is 16.2 Å². The number of carbonyl (C=O) groups excluding carboxylic acids is 1. The number of hydrogen-bond acceptors (Lipinski definition) is 5. The largest absolute Gasteiger partial charge is 0.438 e. The van der Waals surface area contributed by atoms with Crippen LogP contribution in [-0.4, -0.2) is 21.0 Å². The molecule has 2 N–H and O–H groups in total. The predicted molar refractivity (Wildman–Crippen MR) is 130 cm³/mol. The highest BCUT2D eigenvalue weighted by Gasteiger charge is 2.12. The van der Waals surface area contributed by atoms with E-state index in [1.54, 1.807) is 18.5 Å². The van der Waals surface area contributed by atoms with Crippen LogP contribution in [0, 0.1) is 13.8 Å². The van der Waals surface area contributed by atoms with E-state index in [1.165, 1.54) is 0 Å². The number of pyridine rings is 1. The number of aryl methyl sites for hydroxylation is 3. The van der Waals surface area contributed by atoms with E-state index in [0.717, 1.165) is 40.3 Å². The summed E-state index contributed by atoms with van der Waals surface area (Å²) in [6, 6.07) is 18.4. The van der Waals surface area contributed by atoms with Gasteiger partial charge in [-0.05, 0) is 67.9 Å². The molecule has 33 heavy (non-hydrogen) atoms. The van der Waals surface area contributed by atoms with Crippen LogP contribution in [0.15, 0.2) is 73.1 Å². The van der Waals surface area contributed by atoms with Gasteiger partial charge in [-0.1, -0.05) is 24.6 Å². The van der Waals surface area contributed by atoms with E-state index >= 15 is 0 Å². The monoisotopic (exact) mass is 439 g/mol. The molecule has 0 atom stereocenters. The maximum absolute atomic E-state index is 12.4. The van der Waals surface area contributed by atoms with Crippen molar-refractivity contribution >= 4 is 17.4 Å². The second-order valence-electron chi connectivity index (χ2n) is 7.59. The van der Waals surface area contributed by atoms with Gasteiger partial charge in [0.15, 0.2) is 0 Å². The van der Waals surface area contributed by atoms with E-state index in [0.29, 0.717) is 17.3 Å². The van der Waals surface area contributed by atoms with E-state index < -0.39 is 0 Å². The Hall–Kier alpha value is -4.26. The molecule has 2 aromatic heterocycles. The Kier molecular flexibility index (Phi) is 6.59. The first-order valence-corrected chi connectivity index (χ1v) is 10.7. The summed E-state index contributed by atoms with van der Waals surface area (Å²) in [5, 5.41) is 5.71. The summed E-state index contributed by atoms with van der Waals surface area (Å²) in [6.07, 6.45) is 4.17. The van der Waals surface area contributed by atoms with Gasteiger partial charge in [0.2, 0.25) is 5.88 Å². The topological polar surface area (TPSA) is 89.0 Å². The van der Waals surface area contributed by atoms with Gasteiger partial charge in [-0.3, -0.25) is 0 Å². The van der Waals surface area contributed by atoms with Gasteiger partial charge in [0.25, 0.3) is 0 Å². The highest BCUT2D eigenvalue weighted by Crippen LogP contribution is 2.31. The zero-order valence-electron chi connectivity index (χ0n) is 18.8. The minimum Gasteiger partial charge on any atom is -0.438 e. The lowest BCUT2D eigenvalue weighted by Crippen LogP contribution is -2.19. The van der Waals surface area contributed by atoms with Gasteiger partial charge < -0.3 is 15.4 Å². The summed E-state index contributed by atoms with van der Waals surface area (Å²) in [7, 11) is 0. The fourth-order valence-electron chi connectivity index (χ4n) is 3.26. The third-order valence-corrected chi connectivity index (χ3v) is 5.04. The molecule has 7 heteroatoms. The van der Waals surface area contributed by atoms with Crippen LogP contribution in [0.1, 0.15) is 23.9 Å². The molecular formula is C26H25N5O2. The average molecular weight is 440 g/mol. The molecule has 7 nitrogen and oxygen atoms in total. The van der Waals surface area contributed by atoms with Gasteiger partial charge in [-0.15, -0.1) is 0 Å². The molecule has 2 aromatic carbocycles. The molecule has 2 amide bonds. The van der Waals surface area contributed by atoms with Crippen LogP contribution in [0.3, 0.4) is 0 Å². The summed E-state index contributed by atoms with van der Waals surface area (Å²) >= 11 is 0. The lowest BCUT2D eigenvalue weighted by molar-refractivity contribution is 0.262. The van der Waals surface area contributed by atoms with Crippen LogP contribution in [0.5, 0.6) is 11.6 Å². The number of nitrogens with zero attached hydrogens (tertiary/aromatic N) is 3. The fraction of sp³-hybridized carbons (Fsp3) is 0.154. The van der Waals surface area contributed by atoms with E-state index in [2.05, 4.69) is 25.6 Å². The number of anilines is 2. The Morgan fingerprint density at radius 3 is 2.52 bits per heavy atom. The van der Waals surface area contributed by atoms with E-state index in [1.807, 2.05) is 75.4 Å². The van der Waals surface area contributed by atoms with Gasteiger partial charge in [0.1, 0.15) is 11.6 Å². The second kappa shape index (κ2) is 9.91. The summed E-state index contributed by atoms with van der Waals surface area (Å²) in [6.45, 7) is 5.92. The summed E-state index contributed by atoms with van der Waals surface area (Å²) < 4.78 is 6.09. The number of nitrogens with one attached hydrogen (secondary N) is 2.